The Bertz CT molecular complexity index is 1760. The summed E-state index contributed by atoms with van der Waals surface area (Å²) in [7, 11) is 0. The zero-order chi connectivity index (χ0) is 27.1. The van der Waals surface area contributed by atoms with Gasteiger partial charge < -0.3 is 15.0 Å². The van der Waals surface area contributed by atoms with Crippen molar-refractivity contribution in [3.8, 4) is 11.1 Å². The quantitative estimate of drug-likeness (QED) is 0.270. The first kappa shape index (κ1) is 25.2. The molecular weight excluding hydrogens is 522 g/mol. The monoisotopic (exact) mass is 544 g/mol. The second kappa shape index (κ2) is 10.2. The standard InChI is InChI=1S/C30H23ClF2N4O2/c1-17-14-21(19-4-2-3-5-25(19)35-17)30(38)36-26-16-34-28-20(29(26)37-10-12-39-13-11-37)7-9-24(33)27(28)22-15-18(31)6-8-23(22)32/h2-9,14-16H,10-13H2,1H3,(H,36,38). The number of carbonyl (C=O) groups is 1. The molecule has 1 saturated heterocycles. The number of benzene rings is 3. The van der Waals surface area contributed by atoms with Crippen molar-refractivity contribution in [1.29, 1.82) is 0 Å². The Hall–Kier alpha value is -4.14. The van der Waals surface area contributed by atoms with Crippen LogP contribution in [0.3, 0.4) is 0 Å². The number of para-hydroxylation sites is 1. The van der Waals surface area contributed by atoms with E-state index < -0.39 is 11.6 Å². The van der Waals surface area contributed by atoms with Crippen LogP contribution in [0.4, 0.5) is 20.2 Å². The number of morpholine rings is 1. The first-order valence-corrected chi connectivity index (χ1v) is 12.9. The molecule has 0 radical (unpaired) electrons. The maximum atomic E-state index is 15.3. The number of anilines is 2. The van der Waals surface area contributed by atoms with Gasteiger partial charge in [0.05, 0.1) is 47.4 Å². The van der Waals surface area contributed by atoms with Gasteiger partial charge in [-0.25, -0.2) is 8.78 Å². The predicted molar refractivity (Wildman–Crippen MR) is 150 cm³/mol. The highest BCUT2D eigenvalue weighted by Crippen LogP contribution is 2.40. The first-order valence-electron chi connectivity index (χ1n) is 12.5. The predicted octanol–water partition coefficient (Wildman–Crippen LogP) is 6.78. The van der Waals surface area contributed by atoms with E-state index in [0.717, 1.165) is 10.9 Å². The summed E-state index contributed by atoms with van der Waals surface area (Å²) in [6, 6.07) is 16.1. The van der Waals surface area contributed by atoms with Gasteiger partial charge in [-0.05, 0) is 49.4 Å². The summed E-state index contributed by atoms with van der Waals surface area (Å²) in [6.45, 7) is 3.92. The molecule has 2 aromatic heterocycles. The van der Waals surface area contributed by atoms with Gasteiger partial charge in [0.15, 0.2) is 0 Å². The Kier molecular flexibility index (Phi) is 6.58. The number of aryl methyl sites for hydroxylation is 1. The van der Waals surface area contributed by atoms with Crippen molar-refractivity contribution in [3.63, 3.8) is 0 Å². The Labute approximate surface area is 228 Å². The normalized spacial score (nSPS) is 13.7. The van der Waals surface area contributed by atoms with E-state index in [-0.39, 0.29) is 27.6 Å². The van der Waals surface area contributed by atoms with Crippen molar-refractivity contribution in [1.82, 2.24) is 9.97 Å². The Balaban J connectivity index is 1.53. The summed E-state index contributed by atoms with van der Waals surface area (Å²) in [5.41, 5.74) is 3.32. The van der Waals surface area contributed by atoms with Crippen LogP contribution < -0.4 is 10.2 Å². The molecule has 1 aliphatic rings. The number of pyridine rings is 2. The van der Waals surface area contributed by atoms with Crippen LogP contribution >= 0.6 is 11.6 Å². The third kappa shape index (κ3) is 4.66. The molecule has 6 nitrogen and oxygen atoms in total. The second-order valence-corrected chi connectivity index (χ2v) is 9.78. The fourth-order valence-corrected chi connectivity index (χ4v) is 5.25. The van der Waals surface area contributed by atoms with Crippen molar-refractivity contribution in [3.05, 3.63) is 94.8 Å². The van der Waals surface area contributed by atoms with Gasteiger partial charge in [-0.2, -0.15) is 0 Å². The van der Waals surface area contributed by atoms with Gasteiger partial charge in [0.2, 0.25) is 0 Å². The fourth-order valence-electron chi connectivity index (χ4n) is 5.08. The molecule has 6 rings (SSSR count). The van der Waals surface area contributed by atoms with Crippen LogP contribution in [0, 0.1) is 18.6 Å². The largest absolute Gasteiger partial charge is 0.378 e. The number of ether oxygens (including phenoxy) is 1. The molecular formula is C30H23ClF2N4O2. The topological polar surface area (TPSA) is 67.4 Å². The van der Waals surface area contributed by atoms with E-state index in [1.165, 1.54) is 30.5 Å². The van der Waals surface area contributed by atoms with E-state index in [0.29, 0.717) is 54.3 Å². The first-order chi connectivity index (χ1) is 18.9. The lowest BCUT2D eigenvalue weighted by molar-refractivity contribution is 0.102. The Morgan fingerprint density at radius 3 is 2.59 bits per heavy atom. The molecule has 1 amide bonds. The molecule has 9 heteroatoms. The van der Waals surface area contributed by atoms with E-state index >= 15 is 4.39 Å². The SMILES string of the molecule is Cc1cc(C(=O)Nc2cnc3c(-c4cc(Cl)ccc4F)c(F)ccc3c2N2CCOCC2)c2ccccc2n1. The number of nitrogens with zero attached hydrogens (tertiary/aromatic N) is 3. The van der Waals surface area contributed by atoms with Gasteiger partial charge >= 0.3 is 0 Å². The number of amides is 1. The molecule has 0 aliphatic carbocycles. The van der Waals surface area contributed by atoms with Gasteiger partial charge in [0.1, 0.15) is 11.6 Å². The molecule has 0 unspecified atom stereocenters. The molecule has 0 atom stereocenters. The maximum Gasteiger partial charge on any atom is 0.256 e. The van der Waals surface area contributed by atoms with E-state index in [1.54, 1.807) is 12.1 Å². The van der Waals surface area contributed by atoms with Crippen molar-refractivity contribution < 1.29 is 18.3 Å². The molecule has 1 N–H and O–H groups in total. The van der Waals surface area contributed by atoms with Crippen molar-refractivity contribution in [2.75, 3.05) is 36.5 Å². The van der Waals surface area contributed by atoms with Crippen LogP contribution in [0.1, 0.15) is 16.1 Å². The number of aromatic nitrogens is 2. The van der Waals surface area contributed by atoms with E-state index in [1.807, 2.05) is 31.2 Å². The smallest absolute Gasteiger partial charge is 0.256 e. The van der Waals surface area contributed by atoms with Gasteiger partial charge in [0, 0.05) is 45.7 Å². The minimum atomic E-state index is -0.625. The van der Waals surface area contributed by atoms with Gasteiger partial charge in [-0.15, -0.1) is 0 Å². The molecule has 1 fully saturated rings. The van der Waals surface area contributed by atoms with Crippen LogP contribution in [-0.2, 0) is 4.74 Å². The fraction of sp³-hybridized carbons (Fsp3) is 0.167. The van der Waals surface area contributed by atoms with E-state index in [2.05, 4.69) is 20.2 Å². The number of hydrogen-bond acceptors (Lipinski definition) is 5. The molecule has 1 aliphatic heterocycles. The van der Waals surface area contributed by atoms with Crippen LogP contribution in [0.5, 0.6) is 0 Å². The average molecular weight is 545 g/mol. The summed E-state index contributed by atoms with van der Waals surface area (Å²) < 4.78 is 35.7. The lowest BCUT2D eigenvalue weighted by Gasteiger charge is -2.31. The molecule has 0 saturated carbocycles. The van der Waals surface area contributed by atoms with E-state index in [9.17, 15) is 9.18 Å². The van der Waals surface area contributed by atoms with Crippen LogP contribution in [0.15, 0.2) is 66.9 Å². The van der Waals surface area contributed by atoms with Crippen LogP contribution in [-0.4, -0.2) is 42.2 Å². The van der Waals surface area contributed by atoms with Crippen molar-refractivity contribution >= 4 is 50.7 Å². The zero-order valence-electron chi connectivity index (χ0n) is 21.0. The van der Waals surface area contributed by atoms with Crippen LogP contribution in [0.25, 0.3) is 32.9 Å². The Morgan fingerprint density at radius 2 is 1.77 bits per heavy atom. The minimum absolute atomic E-state index is 0.00985. The molecule has 0 bridgehead atoms. The molecule has 5 aromatic rings. The van der Waals surface area contributed by atoms with Gasteiger partial charge in [-0.1, -0.05) is 29.8 Å². The molecule has 0 spiro atoms. The summed E-state index contributed by atoms with van der Waals surface area (Å²) in [6.07, 6.45) is 1.49. The summed E-state index contributed by atoms with van der Waals surface area (Å²) >= 11 is 6.13. The Morgan fingerprint density at radius 1 is 1.00 bits per heavy atom. The second-order valence-electron chi connectivity index (χ2n) is 9.35. The average Bonchev–Trinajstić information content (AvgIpc) is 2.94. The lowest BCUT2D eigenvalue weighted by atomic mass is 9.99. The molecule has 39 heavy (non-hydrogen) atoms. The van der Waals surface area contributed by atoms with Crippen molar-refractivity contribution in [2.45, 2.75) is 6.92 Å². The number of carbonyl (C=O) groups excluding carboxylic acids is 1. The summed E-state index contributed by atoms with van der Waals surface area (Å²) in [5, 5.41) is 4.60. The number of rotatable bonds is 4. The zero-order valence-corrected chi connectivity index (χ0v) is 21.7. The lowest BCUT2D eigenvalue weighted by Crippen LogP contribution is -2.37. The van der Waals surface area contributed by atoms with Gasteiger partial charge in [0.25, 0.3) is 5.91 Å². The highest BCUT2D eigenvalue weighted by Gasteiger charge is 2.24. The summed E-state index contributed by atoms with van der Waals surface area (Å²) in [4.78, 5) is 24.8. The highest BCUT2D eigenvalue weighted by molar-refractivity contribution is 6.31. The third-order valence-corrected chi connectivity index (χ3v) is 7.06. The van der Waals surface area contributed by atoms with Crippen LogP contribution in [0.2, 0.25) is 5.02 Å². The molecule has 196 valence electrons. The number of nitrogens with one attached hydrogen (secondary N) is 1. The number of hydrogen-bond donors (Lipinski definition) is 1. The number of fused-ring (bicyclic) bond motifs is 2. The van der Waals surface area contributed by atoms with Gasteiger partial charge in [-0.3, -0.25) is 14.8 Å². The molecule has 3 aromatic carbocycles. The third-order valence-electron chi connectivity index (χ3n) is 6.82. The molecule has 3 heterocycles. The number of halogens is 3. The van der Waals surface area contributed by atoms with E-state index in [4.69, 9.17) is 16.3 Å². The minimum Gasteiger partial charge on any atom is -0.378 e. The summed E-state index contributed by atoms with van der Waals surface area (Å²) in [5.74, 6) is -1.56. The highest BCUT2D eigenvalue weighted by atomic mass is 35.5. The maximum absolute atomic E-state index is 15.3. The van der Waals surface area contributed by atoms with Crippen molar-refractivity contribution in [2.24, 2.45) is 0 Å².